The molecule has 10 heteroatoms. The van der Waals surface area contributed by atoms with E-state index in [-0.39, 0.29) is 26.9 Å². The van der Waals surface area contributed by atoms with E-state index < -0.39 is 28.4 Å². The van der Waals surface area contributed by atoms with Crippen LogP contribution >= 0.6 is 11.6 Å². The molecule has 1 heterocycles. The van der Waals surface area contributed by atoms with Gasteiger partial charge in [-0.3, -0.25) is 9.71 Å². The van der Waals surface area contributed by atoms with Crippen molar-refractivity contribution in [2.75, 3.05) is 11.3 Å². The maximum atomic E-state index is 13.8. The Kier molecular flexibility index (Phi) is 6.23. The average Bonchev–Trinajstić information content (AvgIpc) is 2.67. The molecule has 156 valence electrons. The maximum absolute atomic E-state index is 13.8. The first kappa shape index (κ1) is 21.5. The van der Waals surface area contributed by atoms with Crippen molar-refractivity contribution in [2.24, 2.45) is 0 Å². The van der Waals surface area contributed by atoms with Gasteiger partial charge in [-0.15, -0.1) is 0 Å². The Labute approximate surface area is 177 Å². The van der Waals surface area contributed by atoms with E-state index in [1.54, 1.807) is 13.0 Å². The van der Waals surface area contributed by atoms with Crippen LogP contribution in [0.5, 0.6) is 5.75 Å². The molecule has 0 aliphatic rings. The van der Waals surface area contributed by atoms with Crippen LogP contribution in [0.1, 0.15) is 5.56 Å². The summed E-state index contributed by atoms with van der Waals surface area (Å²) < 4.78 is 47.1. The summed E-state index contributed by atoms with van der Waals surface area (Å²) in [5, 5.41) is 8.87. The molecule has 0 amide bonds. The highest BCUT2D eigenvalue weighted by Gasteiger charge is 2.20. The van der Waals surface area contributed by atoms with Gasteiger partial charge in [0, 0.05) is 24.0 Å². The Balaban J connectivity index is 2.11. The predicted octanol–water partition coefficient (Wildman–Crippen LogP) is 4.11. The summed E-state index contributed by atoms with van der Waals surface area (Å²) in [6.45, 7) is 1.03. The number of nitrogens with one attached hydrogen (secondary N) is 1. The number of anilines is 1. The molecule has 3 aromatic rings. The number of aryl methyl sites for hydroxylation is 1. The third-order valence-corrected chi connectivity index (χ3v) is 5.59. The van der Waals surface area contributed by atoms with E-state index in [2.05, 4.69) is 9.71 Å². The number of aliphatic carboxylic acids is 1. The SMILES string of the molecule is Cc1cncc(S(=O)(=O)Nc2cc(OCC(=O)O)c(Cl)cc2-c2cccc(F)c2)c1. The van der Waals surface area contributed by atoms with Crippen molar-refractivity contribution in [1.29, 1.82) is 0 Å². The fourth-order valence-corrected chi connectivity index (χ4v) is 4.00. The lowest BCUT2D eigenvalue weighted by Gasteiger charge is -2.16. The van der Waals surface area contributed by atoms with Gasteiger partial charge < -0.3 is 9.84 Å². The summed E-state index contributed by atoms with van der Waals surface area (Å²) in [5.74, 6) is -1.79. The summed E-state index contributed by atoms with van der Waals surface area (Å²) in [5.41, 5.74) is 1.32. The van der Waals surface area contributed by atoms with Gasteiger partial charge in [-0.2, -0.15) is 0 Å². The van der Waals surface area contributed by atoms with E-state index in [1.807, 2.05) is 0 Å². The number of aromatic nitrogens is 1. The molecule has 0 spiro atoms. The van der Waals surface area contributed by atoms with Crippen LogP contribution in [0.25, 0.3) is 11.1 Å². The smallest absolute Gasteiger partial charge is 0.341 e. The van der Waals surface area contributed by atoms with Gasteiger partial charge in [-0.1, -0.05) is 23.7 Å². The third-order valence-electron chi connectivity index (χ3n) is 3.96. The molecule has 0 bridgehead atoms. The second kappa shape index (κ2) is 8.68. The molecule has 0 fully saturated rings. The molecule has 0 radical (unpaired) electrons. The molecule has 30 heavy (non-hydrogen) atoms. The summed E-state index contributed by atoms with van der Waals surface area (Å²) in [6.07, 6.45) is 2.70. The topological polar surface area (TPSA) is 106 Å². The quantitative estimate of drug-likeness (QED) is 0.561. The molecule has 0 aliphatic carbocycles. The zero-order chi connectivity index (χ0) is 21.9. The van der Waals surface area contributed by atoms with Crippen LogP contribution in [0.2, 0.25) is 5.02 Å². The second-order valence-electron chi connectivity index (χ2n) is 6.32. The highest BCUT2D eigenvalue weighted by Crippen LogP contribution is 2.38. The number of hydrogen-bond acceptors (Lipinski definition) is 5. The molecular formula is C20H16ClFN2O5S. The summed E-state index contributed by atoms with van der Waals surface area (Å²) in [7, 11) is -4.06. The molecule has 7 nitrogen and oxygen atoms in total. The van der Waals surface area contributed by atoms with Crippen LogP contribution in [0, 0.1) is 12.7 Å². The van der Waals surface area contributed by atoms with Crippen LogP contribution in [0.4, 0.5) is 10.1 Å². The number of nitrogens with zero attached hydrogens (tertiary/aromatic N) is 1. The highest BCUT2D eigenvalue weighted by atomic mass is 35.5. The molecule has 0 aliphatic heterocycles. The van der Waals surface area contributed by atoms with Gasteiger partial charge in [-0.05, 0) is 42.3 Å². The van der Waals surface area contributed by atoms with Crippen molar-refractivity contribution in [3.8, 4) is 16.9 Å². The molecule has 0 saturated carbocycles. The summed E-state index contributed by atoms with van der Waals surface area (Å²) in [6, 6.07) is 9.59. The first-order valence-electron chi connectivity index (χ1n) is 8.54. The standard InChI is InChI=1S/C20H16ClFN2O5S/c1-12-5-15(10-23-9-12)30(27,28)24-18-8-19(29-11-20(25)26)17(21)7-16(18)13-3-2-4-14(22)6-13/h2-10,24H,11H2,1H3,(H,25,26). The molecule has 0 unspecified atom stereocenters. The summed E-state index contributed by atoms with van der Waals surface area (Å²) in [4.78, 5) is 14.6. The van der Waals surface area contributed by atoms with Crippen LogP contribution in [0.3, 0.4) is 0 Å². The molecule has 1 aromatic heterocycles. The molecule has 3 rings (SSSR count). The number of halogens is 2. The Morgan fingerprint density at radius 1 is 1.23 bits per heavy atom. The van der Waals surface area contributed by atoms with Crippen molar-refractivity contribution in [3.05, 3.63) is 71.3 Å². The number of carboxylic acids is 1. The number of benzene rings is 2. The van der Waals surface area contributed by atoms with Gasteiger partial charge >= 0.3 is 5.97 Å². The monoisotopic (exact) mass is 450 g/mol. The summed E-state index contributed by atoms with van der Waals surface area (Å²) >= 11 is 6.18. The number of hydrogen-bond donors (Lipinski definition) is 2. The lowest BCUT2D eigenvalue weighted by molar-refractivity contribution is -0.139. The second-order valence-corrected chi connectivity index (χ2v) is 8.41. The Morgan fingerprint density at radius 3 is 2.67 bits per heavy atom. The van der Waals surface area contributed by atoms with Gasteiger partial charge in [0.1, 0.15) is 16.5 Å². The van der Waals surface area contributed by atoms with E-state index in [0.717, 1.165) is 0 Å². The fourth-order valence-electron chi connectivity index (χ4n) is 2.66. The predicted molar refractivity (Wildman–Crippen MR) is 110 cm³/mol. The van der Waals surface area contributed by atoms with Crippen molar-refractivity contribution >= 4 is 33.3 Å². The van der Waals surface area contributed by atoms with Crippen LogP contribution in [-0.4, -0.2) is 31.1 Å². The number of pyridine rings is 1. The lowest BCUT2D eigenvalue weighted by Crippen LogP contribution is -2.15. The number of sulfonamides is 1. The minimum atomic E-state index is -4.06. The van der Waals surface area contributed by atoms with Gasteiger partial charge in [-0.25, -0.2) is 17.6 Å². The molecule has 0 atom stereocenters. The third kappa shape index (κ3) is 5.05. The molecule has 2 N–H and O–H groups in total. The first-order chi connectivity index (χ1) is 14.2. The minimum absolute atomic E-state index is 0.0342. The molecule has 2 aromatic carbocycles. The van der Waals surface area contributed by atoms with Crippen molar-refractivity contribution < 1.29 is 27.4 Å². The zero-order valence-corrected chi connectivity index (χ0v) is 17.2. The van der Waals surface area contributed by atoms with E-state index in [0.29, 0.717) is 11.1 Å². The van der Waals surface area contributed by atoms with Gasteiger partial charge in [0.2, 0.25) is 0 Å². The lowest BCUT2D eigenvalue weighted by atomic mass is 10.0. The van der Waals surface area contributed by atoms with Gasteiger partial charge in [0.15, 0.2) is 6.61 Å². The van der Waals surface area contributed by atoms with Crippen LogP contribution in [0.15, 0.2) is 59.8 Å². The van der Waals surface area contributed by atoms with E-state index in [4.69, 9.17) is 21.4 Å². The number of carbonyl (C=O) groups is 1. The minimum Gasteiger partial charge on any atom is -0.480 e. The Bertz CT molecular complexity index is 1220. The van der Waals surface area contributed by atoms with E-state index in [9.17, 15) is 17.6 Å². The number of ether oxygens (including phenoxy) is 1. The van der Waals surface area contributed by atoms with Crippen LogP contribution in [-0.2, 0) is 14.8 Å². The van der Waals surface area contributed by atoms with Gasteiger partial charge in [0.25, 0.3) is 10.0 Å². The molecular weight excluding hydrogens is 435 g/mol. The highest BCUT2D eigenvalue weighted by molar-refractivity contribution is 7.92. The average molecular weight is 451 g/mol. The van der Waals surface area contributed by atoms with E-state index >= 15 is 0 Å². The van der Waals surface area contributed by atoms with Crippen molar-refractivity contribution in [2.45, 2.75) is 11.8 Å². The van der Waals surface area contributed by atoms with Crippen LogP contribution < -0.4 is 9.46 Å². The zero-order valence-electron chi connectivity index (χ0n) is 15.6. The van der Waals surface area contributed by atoms with E-state index in [1.165, 1.54) is 48.8 Å². The maximum Gasteiger partial charge on any atom is 0.341 e. The largest absolute Gasteiger partial charge is 0.480 e. The van der Waals surface area contributed by atoms with Crippen molar-refractivity contribution in [1.82, 2.24) is 4.98 Å². The number of carboxylic acid groups (broad SMARTS) is 1. The first-order valence-corrected chi connectivity index (χ1v) is 10.4. The molecule has 0 saturated heterocycles. The van der Waals surface area contributed by atoms with Gasteiger partial charge in [0.05, 0.1) is 10.7 Å². The fraction of sp³-hybridized carbons (Fsp3) is 0.100. The Hall–Kier alpha value is -3.17. The Morgan fingerprint density at radius 2 is 2.00 bits per heavy atom. The van der Waals surface area contributed by atoms with Crippen molar-refractivity contribution in [3.63, 3.8) is 0 Å². The normalized spacial score (nSPS) is 11.2. The number of rotatable bonds is 7.